The molecule has 0 bridgehead atoms. The first-order chi connectivity index (χ1) is 18.5. The largest absolute Gasteiger partial charge is 0.448 e. The lowest BCUT2D eigenvalue weighted by Gasteiger charge is -2.23. The summed E-state index contributed by atoms with van der Waals surface area (Å²) in [4.78, 5) is 42.5. The average Bonchev–Trinajstić information content (AvgIpc) is 2.94. The van der Waals surface area contributed by atoms with Crippen LogP contribution in [0.4, 0.5) is 15.3 Å². The van der Waals surface area contributed by atoms with Gasteiger partial charge in [0.15, 0.2) is 0 Å². The molecule has 9 nitrogen and oxygen atoms in total. The Balaban J connectivity index is 1.31. The molecule has 0 radical (unpaired) electrons. The van der Waals surface area contributed by atoms with Gasteiger partial charge in [0, 0.05) is 29.1 Å². The Morgan fingerprint density at radius 1 is 0.816 bits per heavy atom. The van der Waals surface area contributed by atoms with Gasteiger partial charge in [-0.2, -0.15) is 0 Å². The summed E-state index contributed by atoms with van der Waals surface area (Å²) in [5.41, 5.74) is 2.34. The Hall–Kier alpha value is -3.92. The first-order valence-corrected chi connectivity index (χ1v) is 13.1. The van der Waals surface area contributed by atoms with Crippen LogP contribution in [0.25, 0.3) is 0 Å². The molecule has 2 N–H and O–H groups in total. The van der Waals surface area contributed by atoms with Gasteiger partial charge in [0.2, 0.25) is 0 Å². The number of hydrogen-bond acceptors (Lipinski definition) is 6. The predicted molar refractivity (Wildman–Crippen MR) is 148 cm³/mol. The van der Waals surface area contributed by atoms with E-state index in [2.05, 4.69) is 43.7 Å². The van der Waals surface area contributed by atoms with E-state index in [0.29, 0.717) is 22.3 Å². The van der Waals surface area contributed by atoms with Gasteiger partial charge in [-0.1, -0.05) is 48.5 Å². The molecule has 0 fully saturated rings. The summed E-state index contributed by atoms with van der Waals surface area (Å²) in [6, 6.07) is 21.0. The zero-order valence-corrected chi connectivity index (χ0v) is 22.6. The van der Waals surface area contributed by atoms with Gasteiger partial charge in [0.25, 0.3) is 5.91 Å². The number of aromatic nitrogens is 1. The molecular formula is C28H31BrN4O5. The maximum absolute atomic E-state index is 13.1. The minimum atomic E-state index is -0.667. The fourth-order valence-electron chi connectivity index (χ4n) is 3.56. The molecule has 200 valence electrons. The number of amides is 3. The van der Waals surface area contributed by atoms with Gasteiger partial charge in [0.1, 0.15) is 13.2 Å². The quantitative estimate of drug-likeness (QED) is 0.275. The topological polar surface area (TPSA) is 110 Å². The third kappa shape index (κ3) is 10.2. The number of hydrogen-bond donors (Lipinski definition) is 2. The van der Waals surface area contributed by atoms with Crippen LogP contribution >= 0.6 is 15.9 Å². The van der Waals surface area contributed by atoms with Gasteiger partial charge >= 0.3 is 12.2 Å². The number of para-hydroxylation sites is 1. The number of carbonyl (C=O) groups is 3. The van der Waals surface area contributed by atoms with E-state index in [9.17, 15) is 14.4 Å². The van der Waals surface area contributed by atoms with Crippen LogP contribution in [0.15, 0.2) is 83.6 Å². The number of carbonyl (C=O) groups excluding carboxylic acids is 3. The van der Waals surface area contributed by atoms with E-state index in [-0.39, 0.29) is 32.2 Å². The number of pyridine rings is 1. The number of rotatable bonds is 13. The summed E-state index contributed by atoms with van der Waals surface area (Å²) in [5, 5.41) is 5.23. The maximum Gasteiger partial charge on any atom is 0.407 e. The molecule has 3 aromatic rings. The molecule has 2 aromatic carbocycles. The predicted octanol–water partition coefficient (Wildman–Crippen LogP) is 4.97. The van der Waals surface area contributed by atoms with Crippen LogP contribution in [-0.4, -0.2) is 55.9 Å². The molecule has 0 spiro atoms. The van der Waals surface area contributed by atoms with Crippen LogP contribution in [0.1, 0.15) is 28.8 Å². The summed E-state index contributed by atoms with van der Waals surface area (Å²) in [6.45, 7) is 0.749. The Labute approximate surface area is 230 Å². The lowest BCUT2D eigenvalue weighted by atomic mass is 10.1. The van der Waals surface area contributed by atoms with E-state index in [0.717, 1.165) is 19.3 Å². The molecule has 1 aromatic heterocycles. The summed E-state index contributed by atoms with van der Waals surface area (Å²) in [7, 11) is 0. The fourth-order valence-corrected chi connectivity index (χ4v) is 3.92. The summed E-state index contributed by atoms with van der Waals surface area (Å²) in [5.74, 6) is -0.270. The average molecular weight is 583 g/mol. The molecule has 0 aliphatic rings. The smallest absolute Gasteiger partial charge is 0.407 e. The highest BCUT2D eigenvalue weighted by atomic mass is 79.9. The molecule has 1 heterocycles. The van der Waals surface area contributed by atoms with Gasteiger partial charge < -0.3 is 25.0 Å². The van der Waals surface area contributed by atoms with E-state index in [1.165, 1.54) is 16.7 Å². The van der Waals surface area contributed by atoms with Crippen LogP contribution in [0.2, 0.25) is 0 Å². The lowest BCUT2D eigenvalue weighted by molar-refractivity contribution is 0.0972. The first kappa shape index (κ1) is 28.6. The number of alkyl carbamates (subject to hydrolysis) is 2. The van der Waals surface area contributed by atoms with Crippen LogP contribution in [0, 0.1) is 0 Å². The number of unbranched alkanes of at least 4 members (excludes halogenated alkanes) is 1. The standard InChI is InChI=1S/C28H31BrN4O5/c29-24-19-23(20-30-21-24)26(34)33(25-12-5-2-6-13-25)16-18-38-28(36)32-15-17-37-27(35)31-14-8-7-11-22-9-3-1-4-10-22/h1-6,9-10,12-13,19-21H,7-8,11,14-18H2,(H,31,35)(H,32,36). The minimum Gasteiger partial charge on any atom is -0.448 e. The van der Waals surface area contributed by atoms with Gasteiger partial charge in [-0.15, -0.1) is 0 Å². The fraction of sp³-hybridized carbons (Fsp3) is 0.286. The normalized spacial score (nSPS) is 10.3. The number of nitrogens with zero attached hydrogens (tertiary/aromatic N) is 2. The Kier molecular flexibility index (Phi) is 12.1. The summed E-state index contributed by atoms with van der Waals surface area (Å²) in [6.07, 6.45) is 4.65. The highest BCUT2D eigenvalue weighted by Crippen LogP contribution is 2.18. The number of anilines is 1. The van der Waals surface area contributed by atoms with E-state index < -0.39 is 12.2 Å². The van der Waals surface area contributed by atoms with Gasteiger partial charge in [0.05, 0.1) is 18.7 Å². The third-order valence-corrected chi connectivity index (χ3v) is 5.86. The van der Waals surface area contributed by atoms with Crippen molar-refractivity contribution in [1.82, 2.24) is 15.6 Å². The molecule has 0 aliphatic heterocycles. The zero-order valence-electron chi connectivity index (χ0n) is 21.0. The summed E-state index contributed by atoms with van der Waals surface area (Å²) >= 11 is 3.33. The molecule has 0 saturated carbocycles. The second-order valence-corrected chi connectivity index (χ2v) is 9.17. The van der Waals surface area contributed by atoms with Crippen molar-refractivity contribution >= 4 is 39.7 Å². The van der Waals surface area contributed by atoms with Crippen molar-refractivity contribution in [2.75, 3.05) is 37.7 Å². The van der Waals surface area contributed by atoms with Crippen molar-refractivity contribution < 1.29 is 23.9 Å². The molecule has 38 heavy (non-hydrogen) atoms. The second-order valence-electron chi connectivity index (χ2n) is 8.25. The lowest BCUT2D eigenvalue weighted by Crippen LogP contribution is -2.36. The van der Waals surface area contributed by atoms with Crippen molar-refractivity contribution in [1.29, 1.82) is 0 Å². The van der Waals surface area contributed by atoms with E-state index in [1.54, 1.807) is 24.4 Å². The van der Waals surface area contributed by atoms with Gasteiger partial charge in [-0.3, -0.25) is 9.78 Å². The van der Waals surface area contributed by atoms with Gasteiger partial charge in [-0.25, -0.2) is 9.59 Å². The minimum absolute atomic E-state index is 0.00938. The van der Waals surface area contributed by atoms with Crippen LogP contribution in [-0.2, 0) is 15.9 Å². The number of nitrogens with one attached hydrogen (secondary N) is 2. The molecule has 10 heteroatoms. The number of halogens is 1. The third-order valence-electron chi connectivity index (χ3n) is 5.42. The highest BCUT2D eigenvalue weighted by Gasteiger charge is 2.19. The first-order valence-electron chi connectivity index (χ1n) is 12.4. The monoisotopic (exact) mass is 582 g/mol. The molecular weight excluding hydrogens is 552 g/mol. The van der Waals surface area contributed by atoms with Crippen molar-refractivity contribution in [2.24, 2.45) is 0 Å². The number of benzene rings is 2. The number of ether oxygens (including phenoxy) is 2. The number of aryl methyl sites for hydroxylation is 1. The van der Waals surface area contributed by atoms with Crippen molar-refractivity contribution in [2.45, 2.75) is 19.3 Å². The van der Waals surface area contributed by atoms with Crippen LogP contribution < -0.4 is 15.5 Å². The van der Waals surface area contributed by atoms with Crippen LogP contribution in [0.5, 0.6) is 0 Å². The summed E-state index contributed by atoms with van der Waals surface area (Å²) < 4.78 is 11.0. The van der Waals surface area contributed by atoms with Crippen molar-refractivity contribution in [3.63, 3.8) is 0 Å². The van der Waals surface area contributed by atoms with Crippen LogP contribution in [0.3, 0.4) is 0 Å². The molecule has 0 unspecified atom stereocenters. The zero-order chi connectivity index (χ0) is 27.0. The Bertz CT molecular complexity index is 1160. The second kappa shape index (κ2) is 16.0. The SMILES string of the molecule is O=C(NCCCCc1ccccc1)OCCNC(=O)OCCN(C(=O)c1cncc(Br)c1)c1ccccc1. The van der Waals surface area contributed by atoms with E-state index in [1.807, 2.05) is 36.4 Å². The molecule has 0 saturated heterocycles. The molecule has 3 rings (SSSR count). The van der Waals surface area contributed by atoms with Crippen molar-refractivity contribution in [3.05, 3.63) is 94.7 Å². The Morgan fingerprint density at radius 2 is 1.47 bits per heavy atom. The molecule has 3 amide bonds. The van der Waals surface area contributed by atoms with E-state index in [4.69, 9.17) is 9.47 Å². The molecule has 0 aliphatic carbocycles. The van der Waals surface area contributed by atoms with E-state index >= 15 is 0 Å². The Morgan fingerprint density at radius 3 is 2.18 bits per heavy atom. The maximum atomic E-state index is 13.1. The highest BCUT2D eigenvalue weighted by molar-refractivity contribution is 9.10. The molecule has 0 atom stereocenters. The van der Waals surface area contributed by atoms with Crippen molar-refractivity contribution in [3.8, 4) is 0 Å². The van der Waals surface area contributed by atoms with Gasteiger partial charge in [-0.05, 0) is 59.0 Å².